The lowest BCUT2D eigenvalue weighted by Gasteiger charge is -2.38. The lowest BCUT2D eigenvalue weighted by molar-refractivity contribution is -0.136. The summed E-state index contributed by atoms with van der Waals surface area (Å²) in [6, 6.07) is 17.3. The van der Waals surface area contributed by atoms with Gasteiger partial charge in [0.25, 0.3) is 18.2 Å². The van der Waals surface area contributed by atoms with Crippen LogP contribution in [-0.4, -0.2) is 71.7 Å². The molecule has 44 heavy (non-hydrogen) atoms. The Morgan fingerprint density at radius 2 is 1.77 bits per heavy atom. The van der Waals surface area contributed by atoms with Crippen molar-refractivity contribution < 1.29 is 19.8 Å². The summed E-state index contributed by atoms with van der Waals surface area (Å²) >= 11 is 0. The van der Waals surface area contributed by atoms with E-state index >= 15 is 0 Å². The van der Waals surface area contributed by atoms with Crippen molar-refractivity contribution >= 4 is 29.6 Å². The quantitative estimate of drug-likeness (QED) is 0.266. The molecular weight excluding hydrogens is 559 g/mol. The number of nitriles is 1. The number of amides is 1. The minimum atomic E-state index is -1.16. The van der Waals surface area contributed by atoms with Crippen LogP contribution in [0.2, 0.25) is 6.32 Å². The Morgan fingerprint density at radius 3 is 2.41 bits per heavy atom. The monoisotopic (exact) mass is 594 g/mol. The number of carbonyl (C=O) groups excluding carboxylic acids is 1. The van der Waals surface area contributed by atoms with Crippen molar-refractivity contribution in [3.05, 3.63) is 82.4 Å². The van der Waals surface area contributed by atoms with E-state index in [0.717, 1.165) is 16.7 Å². The molecule has 0 radical (unpaired) electrons. The number of aromatic nitrogens is 4. The fourth-order valence-electron chi connectivity index (χ4n) is 5.93. The Bertz CT molecular complexity index is 1750. The van der Waals surface area contributed by atoms with Crippen molar-refractivity contribution in [1.82, 2.24) is 24.2 Å². The second-order valence-electron chi connectivity index (χ2n) is 11.8. The highest BCUT2D eigenvalue weighted by molar-refractivity contribution is 6.69. The smallest absolute Gasteiger partial charge is 0.297 e. The van der Waals surface area contributed by atoms with Crippen LogP contribution in [0.5, 0.6) is 0 Å². The van der Waals surface area contributed by atoms with Gasteiger partial charge in [0.15, 0.2) is 5.52 Å². The molecule has 11 nitrogen and oxygen atoms in total. The molecule has 2 aromatic carbocycles. The summed E-state index contributed by atoms with van der Waals surface area (Å²) in [7, 11) is 1.73. The van der Waals surface area contributed by atoms with Gasteiger partial charge in [0.2, 0.25) is 5.91 Å². The van der Waals surface area contributed by atoms with E-state index in [1.807, 2.05) is 67.5 Å². The van der Waals surface area contributed by atoms with Gasteiger partial charge in [0.1, 0.15) is 5.52 Å². The molecule has 1 unspecified atom stereocenters. The molecule has 2 N–H and O–H groups in total. The number of likely N-dealkylation sites (tertiary alicyclic amines) is 1. The van der Waals surface area contributed by atoms with Gasteiger partial charge in [-0.25, -0.2) is 10.2 Å². The third kappa shape index (κ3) is 6.73. The molecule has 1 aliphatic heterocycles. The Morgan fingerprint density at radius 1 is 1.09 bits per heavy atom. The maximum absolute atomic E-state index is 13.5. The minimum absolute atomic E-state index is 0.0498. The molecule has 4 aromatic rings. The van der Waals surface area contributed by atoms with E-state index < -0.39 is 18.3 Å². The first-order valence-electron chi connectivity index (χ1n) is 14.7. The predicted octanol–water partition coefficient (Wildman–Crippen LogP) is 3.07. The number of rotatable bonds is 10. The number of nitrogens with zero attached hydrogens (tertiary/aromatic N) is 6. The fraction of sp³-hybridized carbons (Fsp3) is 0.375. The fourth-order valence-corrected chi connectivity index (χ4v) is 5.93. The molecule has 0 saturated carbocycles. The number of carboxylic acid groups (broad SMARTS) is 1. The number of piperidine rings is 1. The topological polar surface area (TPSA) is 154 Å². The van der Waals surface area contributed by atoms with E-state index in [4.69, 9.17) is 5.11 Å². The summed E-state index contributed by atoms with van der Waals surface area (Å²) in [6.07, 6.45) is 2.63. The van der Waals surface area contributed by atoms with Crippen molar-refractivity contribution in [2.75, 3.05) is 13.1 Å². The van der Waals surface area contributed by atoms with Gasteiger partial charge < -0.3 is 15.1 Å². The Balaban J connectivity index is 1.26. The van der Waals surface area contributed by atoms with Gasteiger partial charge in [-0.15, -0.1) is 0 Å². The third-order valence-corrected chi connectivity index (χ3v) is 8.49. The molecular formula is C32H35BN6O5. The number of benzene rings is 2. The number of carbonyl (C=O) groups is 2. The van der Waals surface area contributed by atoms with Crippen LogP contribution in [0.3, 0.4) is 0 Å². The predicted molar refractivity (Wildman–Crippen MR) is 166 cm³/mol. The second kappa shape index (κ2) is 12.9. The molecule has 2 aromatic heterocycles. The van der Waals surface area contributed by atoms with Gasteiger partial charge in [-0.2, -0.15) is 5.10 Å². The summed E-state index contributed by atoms with van der Waals surface area (Å²) in [5.74, 6) is 1.19. The van der Waals surface area contributed by atoms with Gasteiger partial charge >= 0.3 is 0 Å². The zero-order chi connectivity index (χ0) is 31.4. The average molecular weight is 594 g/mol. The average Bonchev–Trinajstić information content (AvgIpc) is 3.35. The minimum Gasteiger partial charge on any atom is -0.482 e. The second-order valence-corrected chi connectivity index (χ2v) is 11.8. The van der Waals surface area contributed by atoms with Gasteiger partial charge in [0.05, 0.1) is 24.2 Å². The molecule has 0 spiro atoms. The van der Waals surface area contributed by atoms with Gasteiger partial charge in [-0.3, -0.25) is 23.6 Å². The van der Waals surface area contributed by atoms with E-state index in [1.54, 1.807) is 16.6 Å². The van der Waals surface area contributed by atoms with Gasteiger partial charge in [-0.1, -0.05) is 67.1 Å². The summed E-state index contributed by atoms with van der Waals surface area (Å²) in [5.41, 5.74) is 2.47. The zero-order valence-electron chi connectivity index (χ0n) is 24.9. The van der Waals surface area contributed by atoms with E-state index in [2.05, 4.69) is 10.1 Å². The van der Waals surface area contributed by atoms with Crippen LogP contribution in [0.1, 0.15) is 43.2 Å². The van der Waals surface area contributed by atoms with Crippen LogP contribution in [0.15, 0.2) is 65.7 Å². The number of aliphatic hydroxyl groups is 1. The molecule has 1 atom stereocenters. The Labute approximate surface area is 255 Å². The Kier molecular flexibility index (Phi) is 8.97. The SMILES string of the molecule is CC(CC(=O)N1CCC(O)(Cn2cnc3c(-c4ccc(CB(C#N)CC(=O)O)cc4)n(C)nc3c2=O)CC1)c1ccccc1. The van der Waals surface area contributed by atoms with Gasteiger partial charge in [-0.05, 0) is 30.6 Å². The van der Waals surface area contributed by atoms with E-state index in [1.165, 1.54) is 10.9 Å². The first-order valence-corrected chi connectivity index (χ1v) is 14.7. The number of hydrogen-bond donors (Lipinski definition) is 2. The molecule has 0 bridgehead atoms. The van der Waals surface area contributed by atoms with Crippen molar-refractivity contribution in [2.45, 2.75) is 56.9 Å². The lowest BCUT2D eigenvalue weighted by atomic mass is 9.45. The summed E-state index contributed by atoms with van der Waals surface area (Å²) in [6.45, 7) is 2.29. The maximum Gasteiger partial charge on any atom is 0.297 e. The molecule has 1 saturated heterocycles. The Hall–Kier alpha value is -4.76. The molecule has 5 rings (SSSR count). The molecule has 3 heterocycles. The van der Waals surface area contributed by atoms with Crippen molar-refractivity contribution in [3.8, 4) is 17.2 Å². The van der Waals surface area contributed by atoms with Crippen LogP contribution in [0.25, 0.3) is 22.3 Å². The van der Waals surface area contributed by atoms with Gasteiger partial charge in [0, 0.05) is 44.4 Å². The number of hydrogen-bond acceptors (Lipinski definition) is 7. The largest absolute Gasteiger partial charge is 0.482 e. The molecule has 0 aliphatic carbocycles. The molecule has 226 valence electrons. The lowest BCUT2D eigenvalue weighted by Crippen LogP contribution is -2.49. The van der Waals surface area contributed by atoms with Crippen LogP contribution in [-0.2, 0) is 29.5 Å². The molecule has 1 fully saturated rings. The summed E-state index contributed by atoms with van der Waals surface area (Å²) in [4.78, 5) is 43.8. The number of fused-ring (bicyclic) bond motifs is 1. The van der Waals surface area contributed by atoms with Crippen LogP contribution in [0, 0.1) is 11.2 Å². The first kappa shape index (κ1) is 30.7. The normalized spacial score (nSPS) is 15.1. The summed E-state index contributed by atoms with van der Waals surface area (Å²) in [5, 5.41) is 34.1. The standard InChI is InChI=1S/C32H35BN6O5/c1-22(24-6-4-3-5-7-24)16-26(40)38-14-12-32(44,13-15-38)19-39-21-35-28-29(31(39)43)36-37(2)30(28)25-10-8-23(9-11-25)17-33(20-34)18-27(41)42/h3-11,21-22,44H,12-19H2,1-2H3,(H,41,42). The number of aliphatic carboxylic acids is 1. The van der Waals surface area contributed by atoms with Crippen LogP contribution >= 0.6 is 0 Å². The van der Waals surface area contributed by atoms with Crippen molar-refractivity contribution in [3.63, 3.8) is 0 Å². The number of carboxylic acids is 1. The van der Waals surface area contributed by atoms with E-state index in [9.17, 15) is 24.8 Å². The van der Waals surface area contributed by atoms with E-state index in [-0.39, 0.29) is 35.8 Å². The molecule has 12 heteroatoms. The van der Waals surface area contributed by atoms with E-state index in [0.29, 0.717) is 49.9 Å². The number of aryl methyl sites for hydroxylation is 1. The maximum atomic E-state index is 13.5. The zero-order valence-corrected chi connectivity index (χ0v) is 24.9. The highest BCUT2D eigenvalue weighted by Crippen LogP contribution is 2.28. The first-order chi connectivity index (χ1) is 21.1. The van der Waals surface area contributed by atoms with Crippen molar-refractivity contribution in [2.24, 2.45) is 7.05 Å². The highest BCUT2D eigenvalue weighted by Gasteiger charge is 2.35. The van der Waals surface area contributed by atoms with Crippen LogP contribution < -0.4 is 5.56 Å². The van der Waals surface area contributed by atoms with Crippen molar-refractivity contribution in [1.29, 1.82) is 5.26 Å². The van der Waals surface area contributed by atoms with Crippen LogP contribution in [0.4, 0.5) is 0 Å². The highest BCUT2D eigenvalue weighted by atomic mass is 16.4. The molecule has 1 aliphatic rings. The third-order valence-electron chi connectivity index (χ3n) is 8.49. The summed E-state index contributed by atoms with van der Waals surface area (Å²) < 4.78 is 2.98. The molecule has 1 amide bonds.